The summed E-state index contributed by atoms with van der Waals surface area (Å²) >= 11 is 0. The molecule has 1 N–H and O–H groups in total. The van der Waals surface area contributed by atoms with E-state index in [1.54, 1.807) is 6.07 Å². The van der Waals surface area contributed by atoms with Crippen LogP contribution in [0.1, 0.15) is 0 Å². The molecule has 0 unspecified atom stereocenters. The monoisotopic (exact) mass is 443 g/mol. The van der Waals surface area contributed by atoms with Crippen molar-refractivity contribution in [3.05, 3.63) is 42.2 Å². The molecular weight excluding hydrogens is 427 g/mol. The standard InChI is InChI=1S/C18H16F3N3O5S/c1-27-16-7-6-10-12(22-16)4-3-5-14(10)30(25,26)24-13-8-11(19)17(23-18(13)28-2)29-9-15(20)21/h3-8,15,24H,9H2,1-2H3. The van der Waals surface area contributed by atoms with Crippen molar-refractivity contribution in [1.29, 1.82) is 0 Å². The van der Waals surface area contributed by atoms with Gasteiger partial charge in [0.2, 0.25) is 11.8 Å². The van der Waals surface area contributed by atoms with Crippen LogP contribution in [0.5, 0.6) is 17.6 Å². The topological polar surface area (TPSA) is 99.6 Å². The number of hydrogen-bond donors (Lipinski definition) is 1. The van der Waals surface area contributed by atoms with E-state index < -0.39 is 34.8 Å². The fraction of sp³-hybridized carbons (Fsp3) is 0.222. The minimum Gasteiger partial charge on any atom is -0.481 e. The Bertz CT molecular complexity index is 1180. The number of rotatable bonds is 8. The first-order valence-electron chi connectivity index (χ1n) is 8.37. The molecule has 12 heteroatoms. The zero-order valence-electron chi connectivity index (χ0n) is 15.7. The molecule has 3 aromatic rings. The Morgan fingerprint density at radius 1 is 1.07 bits per heavy atom. The van der Waals surface area contributed by atoms with Crippen molar-refractivity contribution in [3.8, 4) is 17.6 Å². The van der Waals surface area contributed by atoms with Crippen molar-refractivity contribution in [1.82, 2.24) is 9.97 Å². The number of alkyl halides is 2. The fourth-order valence-electron chi connectivity index (χ4n) is 2.58. The second-order valence-corrected chi connectivity index (χ2v) is 7.47. The van der Waals surface area contributed by atoms with E-state index in [2.05, 4.69) is 19.4 Å². The molecule has 30 heavy (non-hydrogen) atoms. The molecule has 0 fully saturated rings. The van der Waals surface area contributed by atoms with E-state index in [1.807, 2.05) is 0 Å². The van der Waals surface area contributed by atoms with Crippen LogP contribution in [0.3, 0.4) is 0 Å². The first-order chi connectivity index (χ1) is 14.2. The van der Waals surface area contributed by atoms with Crippen LogP contribution in [0.25, 0.3) is 10.9 Å². The van der Waals surface area contributed by atoms with Gasteiger partial charge in [0.05, 0.1) is 24.6 Å². The molecule has 0 aliphatic carbocycles. The third-order valence-electron chi connectivity index (χ3n) is 3.86. The second-order valence-electron chi connectivity index (χ2n) is 5.82. The summed E-state index contributed by atoms with van der Waals surface area (Å²) in [6, 6.07) is 8.19. The van der Waals surface area contributed by atoms with Crippen LogP contribution in [0.4, 0.5) is 18.9 Å². The van der Waals surface area contributed by atoms with E-state index in [-0.39, 0.29) is 16.5 Å². The molecule has 0 saturated carbocycles. The van der Waals surface area contributed by atoms with Crippen LogP contribution in [-0.2, 0) is 10.0 Å². The number of nitrogens with one attached hydrogen (secondary N) is 1. The van der Waals surface area contributed by atoms with Gasteiger partial charge >= 0.3 is 0 Å². The maximum Gasteiger partial charge on any atom is 0.272 e. The van der Waals surface area contributed by atoms with Gasteiger partial charge in [0.15, 0.2) is 12.4 Å². The molecule has 1 aromatic carbocycles. The van der Waals surface area contributed by atoms with Gasteiger partial charge in [-0.25, -0.2) is 26.6 Å². The highest BCUT2D eigenvalue weighted by Gasteiger charge is 2.23. The largest absolute Gasteiger partial charge is 0.481 e. The smallest absolute Gasteiger partial charge is 0.272 e. The van der Waals surface area contributed by atoms with Crippen LogP contribution in [-0.4, -0.2) is 45.6 Å². The van der Waals surface area contributed by atoms with Gasteiger partial charge in [-0.2, -0.15) is 4.98 Å². The number of sulfonamides is 1. The quantitative estimate of drug-likeness (QED) is 0.571. The number of hydrogen-bond acceptors (Lipinski definition) is 7. The molecule has 2 heterocycles. The van der Waals surface area contributed by atoms with Gasteiger partial charge in [-0.3, -0.25) is 4.72 Å². The Labute approximate surface area is 169 Å². The van der Waals surface area contributed by atoms with E-state index in [1.165, 1.54) is 31.4 Å². The second kappa shape index (κ2) is 8.61. The minimum absolute atomic E-state index is 0.129. The molecular formula is C18H16F3N3O5S. The van der Waals surface area contributed by atoms with Gasteiger partial charge < -0.3 is 14.2 Å². The minimum atomic E-state index is -4.23. The highest BCUT2D eigenvalue weighted by molar-refractivity contribution is 7.93. The van der Waals surface area contributed by atoms with Crippen LogP contribution >= 0.6 is 0 Å². The lowest BCUT2D eigenvalue weighted by atomic mass is 10.2. The molecule has 8 nitrogen and oxygen atoms in total. The number of anilines is 1. The van der Waals surface area contributed by atoms with Gasteiger partial charge in [-0.15, -0.1) is 0 Å². The average molecular weight is 443 g/mol. The lowest BCUT2D eigenvalue weighted by molar-refractivity contribution is 0.0770. The Morgan fingerprint density at radius 2 is 1.83 bits per heavy atom. The van der Waals surface area contributed by atoms with E-state index in [0.717, 1.165) is 13.2 Å². The van der Waals surface area contributed by atoms with Crippen molar-refractivity contribution < 1.29 is 35.8 Å². The molecule has 2 aromatic heterocycles. The number of halogens is 3. The molecule has 0 amide bonds. The highest BCUT2D eigenvalue weighted by Crippen LogP contribution is 2.32. The maximum absolute atomic E-state index is 14.2. The zero-order valence-corrected chi connectivity index (χ0v) is 16.5. The predicted molar refractivity (Wildman–Crippen MR) is 101 cm³/mol. The summed E-state index contributed by atoms with van der Waals surface area (Å²) in [6.07, 6.45) is -2.84. The summed E-state index contributed by atoms with van der Waals surface area (Å²) in [5.74, 6) is -1.93. The maximum atomic E-state index is 14.2. The van der Waals surface area contributed by atoms with Crippen LogP contribution < -0.4 is 18.9 Å². The molecule has 0 spiro atoms. The van der Waals surface area contributed by atoms with E-state index >= 15 is 0 Å². The van der Waals surface area contributed by atoms with E-state index in [0.29, 0.717) is 16.8 Å². The highest BCUT2D eigenvalue weighted by atomic mass is 32.2. The van der Waals surface area contributed by atoms with Gasteiger partial charge in [-0.05, 0) is 18.2 Å². The lowest BCUT2D eigenvalue weighted by Crippen LogP contribution is -2.16. The number of ether oxygens (including phenoxy) is 3. The Morgan fingerprint density at radius 3 is 2.50 bits per heavy atom. The first kappa shape index (κ1) is 21.4. The Hall–Kier alpha value is -3.28. The molecule has 3 rings (SSSR count). The fourth-order valence-corrected chi connectivity index (χ4v) is 3.85. The van der Waals surface area contributed by atoms with Crippen molar-refractivity contribution >= 4 is 26.6 Å². The summed E-state index contributed by atoms with van der Waals surface area (Å²) in [4.78, 5) is 7.67. The lowest BCUT2D eigenvalue weighted by Gasteiger charge is -2.14. The third-order valence-corrected chi connectivity index (χ3v) is 5.28. The summed E-state index contributed by atoms with van der Waals surface area (Å²) in [7, 11) is -1.64. The number of benzene rings is 1. The third kappa shape index (κ3) is 4.48. The summed E-state index contributed by atoms with van der Waals surface area (Å²) < 4.78 is 81.4. The van der Waals surface area contributed by atoms with Crippen LogP contribution in [0.15, 0.2) is 41.3 Å². The Balaban J connectivity index is 1.99. The molecule has 0 aliphatic heterocycles. The van der Waals surface area contributed by atoms with E-state index in [9.17, 15) is 21.6 Å². The predicted octanol–water partition coefficient (Wildman–Crippen LogP) is 3.23. The number of nitrogens with zero attached hydrogens (tertiary/aromatic N) is 2. The van der Waals surface area contributed by atoms with Gasteiger partial charge in [0.25, 0.3) is 22.3 Å². The average Bonchev–Trinajstić information content (AvgIpc) is 2.71. The number of aromatic nitrogens is 2. The van der Waals surface area contributed by atoms with Crippen LogP contribution in [0.2, 0.25) is 0 Å². The molecule has 0 atom stereocenters. The molecule has 0 aliphatic rings. The molecule has 160 valence electrons. The van der Waals surface area contributed by atoms with Crippen LogP contribution in [0, 0.1) is 5.82 Å². The summed E-state index contributed by atoms with van der Waals surface area (Å²) in [5.41, 5.74) is 0.0297. The first-order valence-corrected chi connectivity index (χ1v) is 9.85. The van der Waals surface area contributed by atoms with Gasteiger partial charge in [0.1, 0.15) is 5.69 Å². The van der Waals surface area contributed by atoms with Crippen molar-refractivity contribution in [2.24, 2.45) is 0 Å². The zero-order chi connectivity index (χ0) is 21.9. The van der Waals surface area contributed by atoms with Gasteiger partial charge in [-0.1, -0.05) is 6.07 Å². The number of pyridine rings is 2. The van der Waals surface area contributed by atoms with Crippen molar-refractivity contribution in [3.63, 3.8) is 0 Å². The summed E-state index contributed by atoms with van der Waals surface area (Å²) in [5, 5.41) is 0.301. The molecule has 0 radical (unpaired) electrons. The normalized spacial score (nSPS) is 11.5. The SMILES string of the molecule is COc1ccc2c(S(=O)(=O)Nc3cc(F)c(OCC(F)F)nc3OC)cccc2n1. The Kier molecular flexibility index (Phi) is 6.15. The van der Waals surface area contributed by atoms with Crippen molar-refractivity contribution in [2.75, 3.05) is 25.5 Å². The summed E-state index contributed by atoms with van der Waals surface area (Å²) in [6.45, 7) is -1.08. The molecule has 0 bridgehead atoms. The number of fused-ring (bicyclic) bond motifs is 1. The van der Waals surface area contributed by atoms with E-state index in [4.69, 9.17) is 9.47 Å². The number of methoxy groups -OCH3 is 2. The van der Waals surface area contributed by atoms with Crippen molar-refractivity contribution in [2.45, 2.75) is 11.3 Å². The molecule has 0 saturated heterocycles. The van der Waals surface area contributed by atoms with Gasteiger partial charge in [0, 0.05) is 17.5 Å².